The molecule has 0 radical (unpaired) electrons. The molecule has 0 amide bonds. The van der Waals surface area contributed by atoms with Crippen LogP contribution in [0.4, 0.5) is 0 Å². The van der Waals surface area contributed by atoms with Gasteiger partial charge in [0.25, 0.3) is 0 Å². The monoisotopic (exact) mass is 333 g/mol. The molecular formula is C20H15NO4. The summed E-state index contributed by atoms with van der Waals surface area (Å²) in [4.78, 5) is 26.2. The highest BCUT2D eigenvalue weighted by atomic mass is 16.5. The Labute approximate surface area is 142 Å². The highest BCUT2D eigenvalue weighted by Crippen LogP contribution is 2.30. The molecule has 2 aromatic carbocycles. The number of benzene rings is 2. The summed E-state index contributed by atoms with van der Waals surface area (Å²) in [5.41, 5.74) is 2.95. The smallest absolute Gasteiger partial charge is 0.336 e. The number of ether oxygens (including phenoxy) is 1. The van der Waals surface area contributed by atoms with Gasteiger partial charge < -0.3 is 14.1 Å². The molecule has 5 nitrogen and oxygen atoms in total. The van der Waals surface area contributed by atoms with Gasteiger partial charge >= 0.3 is 11.6 Å². The first-order valence-electron chi connectivity index (χ1n) is 7.90. The van der Waals surface area contributed by atoms with E-state index in [4.69, 9.17) is 9.15 Å². The van der Waals surface area contributed by atoms with Crippen LogP contribution in [0.5, 0.6) is 5.75 Å². The fourth-order valence-corrected chi connectivity index (χ4v) is 3.01. The molecule has 0 unspecified atom stereocenters. The number of carbonyl (C=O) groups is 1. The van der Waals surface area contributed by atoms with Crippen molar-refractivity contribution in [2.24, 2.45) is 0 Å². The Morgan fingerprint density at radius 2 is 1.96 bits per heavy atom. The number of H-pyrrole nitrogens is 1. The lowest BCUT2D eigenvalue weighted by atomic mass is 10.0. The van der Waals surface area contributed by atoms with Gasteiger partial charge in [-0.05, 0) is 29.8 Å². The SMILES string of the molecule is CC(=O)Oc1cc2ccc(=O)oc2cc1Cc1c[nH]c2ccccc12. The summed E-state index contributed by atoms with van der Waals surface area (Å²) in [6.07, 6.45) is 2.48. The zero-order chi connectivity index (χ0) is 17.4. The fourth-order valence-electron chi connectivity index (χ4n) is 3.01. The van der Waals surface area contributed by atoms with E-state index >= 15 is 0 Å². The number of hydrogen-bond donors (Lipinski definition) is 1. The van der Waals surface area contributed by atoms with Crippen LogP contribution in [-0.2, 0) is 11.2 Å². The largest absolute Gasteiger partial charge is 0.426 e. The zero-order valence-electron chi connectivity index (χ0n) is 13.5. The van der Waals surface area contributed by atoms with Gasteiger partial charge in [-0.3, -0.25) is 4.79 Å². The maximum absolute atomic E-state index is 11.5. The third-order valence-electron chi connectivity index (χ3n) is 4.11. The first-order chi connectivity index (χ1) is 12.1. The van der Waals surface area contributed by atoms with E-state index in [1.54, 1.807) is 18.2 Å². The molecule has 124 valence electrons. The molecule has 0 spiro atoms. The second kappa shape index (κ2) is 5.94. The Balaban J connectivity index is 1.86. The highest BCUT2D eigenvalue weighted by Gasteiger charge is 2.13. The molecule has 1 N–H and O–H groups in total. The summed E-state index contributed by atoms with van der Waals surface area (Å²) >= 11 is 0. The van der Waals surface area contributed by atoms with Crippen LogP contribution < -0.4 is 10.4 Å². The Morgan fingerprint density at radius 1 is 1.12 bits per heavy atom. The van der Waals surface area contributed by atoms with E-state index in [0.717, 1.165) is 22.0 Å². The number of aromatic amines is 1. The van der Waals surface area contributed by atoms with E-state index < -0.39 is 11.6 Å². The average Bonchev–Trinajstić information content (AvgIpc) is 2.98. The Kier molecular flexibility index (Phi) is 3.61. The number of rotatable bonds is 3. The van der Waals surface area contributed by atoms with Crippen LogP contribution in [0.25, 0.3) is 21.9 Å². The number of hydrogen-bond acceptors (Lipinski definition) is 4. The molecule has 5 heteroatoms. The van der Waals surface area contributed by atoms with Gasteiger partial charge in [0.15, 0.2) is 0 Å². The lowest BCUT2D eigenvalue weighted by molar-refractivity contribution is -0.131. The predicted molar refractivity (Wildman–Crippen MR) is 94.9 cm³/mol. The standard InChI is InChI=1S/C20H15NO4/c1-12(22)24-19-9-13-6-7-20(23)25-18(13)10-14(19)8-15-11-21-17-5-3-2-4-16(15)17/h2-7,9-11,21H,8H2,1H3. The number of carbonyl (C=O) groups excluding carboxylic acids is 1. The molecule has 0 bridgehead atoms. The van der Waals surface area contributed by atoms with E-state index in [2.05, 4.69) is 4.98 Å². The summed E-state index contributed by atoms with van der Waals surface area (Å²) in [7, 11) is 0. The second-order valence-corrected chi connectivity index (χ2v) is 5.88. The Bertz CT molecular complexity index is 1150. The molecule has 0 aliphatic rings. The zero-order valence-corrected chi connectivity index (χ0v) is 13.5. The quantitative estimate of drug-likeness (QED) is 0.352. The summed E-state index contributed by atoms with van der Waals surface area (Å²) in [6, 6.07) is 14.5. The predicted octanol–water partition coefficient (Wildman–Crippen LogP) is 3.79. The maximum atomic E-state index is 11.5. The number of para-hydroxylation sites is 1. The van der Waals surface area contributed by atoms with Crippen molar-refractivity contribution in [1.29, 1.82) is 0 Å². The molecule has 25 heavy (non-hydrogen) atoms. The molecule has 0 aliphatic carbocycles. The minimum Gasteiger partial charge on any atom is -0.426 e. The molecular weight excluding hydrogens is 318 g/mol. The second-order valence-electron chi connectivity index (χ2n) is 5.88. The number of aromatic nitrogens is 1. The molecule has 0 saturated heterocycles. The van der Waals surface area contributed by atoms with Gasteiger partial charge in [0.1, 0.15) is 11.3 Å². The van der Waals surface area contributed by atoms with E-state index in [-0.39, 0.29) is 0 Å². The van der Waals surface area contributed by atoms with Crippen molar-refractivity contribution in [3.05, 3.63) is 76.3 Å². The third kappa shape index (κ3) is 2.92. The first kappa shape index (κ1) is 15.2. The van der Waals surface area contributed by atoms with Gasteiger partial charge in [-0.1, -0.05) is 18.2 Å². The van der Waals surface area contributed by atoms with Gasteiger partial charge in [0.05, 0.1) is 0 Å². The van der Waals surface area contributed by atoms with Crippen molar-refractivity contribution in [3.8, 4) is 5.75 Å². The topological polar surface area (TPSA) is 72.3 Å². The molecule has 0 aliphatic heterocycles. The number of nitrogens with one attached hydrogen (secondary N) is 1. The van der Waals surface area contributed by atoms with Gasteiger partial charge in [0, 0.05) is 47.5 Å². The van der Waals surface area contributed by atoms with Crippen LogP contribution in [0.15, 0.2) is 63.9 Å². The molecule has 4 aromatic rings. The molecule has 0 saturated carbocycles. The molecule has 2 heterocycles. The number of esters is 1. The van der Waals surface area contributed by atoms with Crippen LogP contribution in [-0.4, -0.2) is 11.0 Å². The van der Waals surface area contributed by atoms with Gasteiger partial charge in [-0.15, -0.1) is 0 Å². The minimum atomic E-state index is -0.411. The lowest BCUT2D eigenvalue weighted by Crippen LogP contribution is -2.05. The summed E-state index contributed by atoms with van der Waals surface area (Å²) in [6.45, 7) is 1.37. The molecule has 2 aromatic heterocycles. The van der Waals surface area contributed by atoms with Crippen molar-refractivity contribution in [3.63, 3.8) is 0 Å². The normalized spacial score (nSPS) is 11.1. The summed E-state index contributed by atoms with van der Waals surface area (Å²) in [5.74, 6) is 0.0797. The van der Waals surface area contributed by atoms with Crippen LogP contribution in [0.2, 0.25) is 0 Å². The maximum Gasteiger partial charge on any atom is 0.336 e. The van der Waals surface area contributed by atoms with Crippen molar-refractivity contribution in [1.82, 2.24) is 4.98 Å². The van der Waals surface area contributed by atoms with Crippen molar-refractivity contribution >= 4 is 27.8 Å². The van der Waals surface area contributed by atoms with Gasteiger partial charge in [-0.25, -0.2) is 4.79 Å². The van der Waals surface area contributed by atoms with Gasteiger partial charge in [0.2, 0.25) is 0 Å². The Morgan fingerprint density at radius 3 is 2.80 bits per heavy atom. The average molecular weight is 333 g/mol. The van der Waals surface area contributed by atoms with Gasteiger partial charge in [-0.2, -0.15) is 0 Å². The van der Waals surface area contributed by atoms with E-state index in [9.17, 15) is 9.59 Å². The van der Waals surface area contributed by atoms with E-state index in [1.807, 2.05) is 30.5 Å². The molecule has 0 atom stereocenters. The van der Waals surface area contributed by atoms with Crippen LogP contribution in [0.1, 0.15) is 18.1 Å². The first-order valence-corrected chi connectivity index (χ1v) is 7.90. The van der Waals surface area contributed by atoms with Crippen LogP contribution in [0.3, 0.4) is 0 Å². The Hall–Kier alpha value is -3.34. The van der Waals surface area contributed by atoms with Crippen LogP contribution in [0, 0.1) is 0 Å². The minimum absolute atomic E-state index is 0.392. The van der Waals surface area contributed by atoms with Crippen molar-refractivity contribution in [2.45, 2.75) is 13.3 Å². The molecule has 4 rings (SSSR count). The van der Waals surface area contributed by atoms with E-state index in [1.165, 1.54) is 13.0 Å². The fraction of sp³-hybridized carbons (Fsp3) is 0.100. The third-order valence-corrected chi connectivity index (χ3v) is 4.11. The number of fused-ring (bicyclic) bond motifs is 2. The summed E-state index contributed by atoms with van der Waals surface area (Å²) < 4.78 is 10.6. The lowest BCUT2D eigenvalue weighted by Gasteiger charge is -2.10. The van der Waals surface area contributed by atoms with Crippen molar-refractivity contribution < 1.29 is 13.9 Å². The summed E-state index contributed by atoms with van der Waals surface area (Å²) in [5, 5.41) is 1.81. The highest BCUT2D eigenvalue weighted by molar-refractivity contribution is 5.85. The van der Waals surface area contributed by atoms with Crippen molar-refractivity contribution in [2.75, 3.05) is 0 Å². The van der Waals surface area contributed by atoms with E-state index in [0.29, 0.717) is 23.1 Å². The van der Waals surface area contributed by atoms with Crippen LogP contribution >= 0.6 is 0 Å². The molecule has 0 fully saturated rings.